The number of benzene rings is 2. The van der Waals surface area contributed by atoms with Crippen molar-refractivity contribution >= 4 is 68.5 Å². The number of nitrogens with one attached hydrogen (secondary N) is 3. The van der Waals surface area contributed by atoms with Crippen LogP contribution in [0.25, 0.3) is 5.00 Å². The molecular formula is C44H53ClN8O8S2. The molecule has 5 aromatic rings. The van der Waals surface area contributed by atoms with Gasteiger partial charge in [-0.05, 0) is 64.4 Å². The summed E-state index contributed by atoms with van der Waals surface area (Å²) in [6, 6.07) is 13.9. The molecule has 4 heterocycles. The van der Waals surface area contributed by atoms with Crippen molar-refractivity contribution in [3.8, 4) is 5.00 Å². The van der Waals surface area contributed by atoms with Crippen LogP contribution in [0.15, 0.2) is 53.5 Å². The van der Waals surface area contributed by atoms with Gasteiger partial charge in [-0.1, -0.05) is 35.9 Å². The molecule has 63 heavy (non-hydrogen) atoms. The van der Waals surface area contributed by atoms with Crippen LogP contribution in [0.3, 0.4) is 0 Å². The number of nitrogens with zero attached hydrogens (tertiary/aromatic N) is 5. The Hall–Kier alpha value is -4.92. The number of amides is 3. The lowest BCUT2D eigenvalue weighted by Gasteiger charge is -2.13. The van der Waals surface area contributed by atoms with Gasteiger partial charge in [0.25, 0.3) is 5.91 Å². The molecule has 19 heteroatoms. The third kappa shape index (κ3) is 13.3. The molecule has 0 fully saturated rings. The molecule has 3 aromatic heterocycles. The fourth-order valence-electron chi connectivity index (χ4n) is 6.48. The van der Waals surface area contributed by atoms with Gasteiger partial charge < -0.3 is 34.3 Å². The average Bonchev–Trinajstić information content (AvgIpc) is 3.87. The molecule has 0 saturated heterocycles. The molecule has 1 atom stereocenters. The number of aryl methyl sites for hydroxylation is 4. The minimum atomic E-state index is -0.547. The molecule has 0 radical (unpaired) electrons. The molecule has 2 aromatic carbocycles. The van der Waals surface area contributed by atoms with Crippen LogP contribution in [0, 0.1) is 34.6 Å². The molecule has 0 unspecified atom stereocenters. The Kier molecular flexibility index (Phi) is 17.9. The van der Waals surface area contributed by atoms with Crippen molar-refractivity contribution in [3.63, 3.8) is 0 Å². The van der Waals surface area contributed by atoms with Gasteiger partial charge in [0.1, 0.15) is 16.9 Å². The largest absolute Gasteiger partial charge is 0.379 e. The lowest BCUT2D eigenvalue weighted by molar-refractivity contribution is -0.121. The maximum Gasteiger partial charge on any atom is 0.259 e. The molecule has 336 valence electrons. The number of rotatable bonds is 24. The molecular weight excluding hydrogens is 868 g/mol. The Labute approximate surface area is 379 Å². The first-order chi connectivity index (χ1) is 30.5. The second kappa shape index (κ2) is 23.7. The predicted molar refractivity (Wildman–Crippen MR) is 244 cm³/mol. The highest BCUT2D eigenvalue weighted by Crippen LogP contribution is 2.39. The SMILES string of the molecule is Cc1nc(NC(=O)c2ccccc2NC(=O)CCOCCOCCOCCOCCOCCNC(=O)C[C@@H]2N=C(c3ccc(Cl)cc3)c3c(sc(C)c3C)-n3c(C)nnc32)sc1C. The predicted octanol–water partition coefficient (Wildman–Crippen LogP) is 6.74. The van der Waals surface area contributed by atoms with E-state index in [4.69, 9.17) is 40.3 Å². The van der Waals surface area contributed by atoms with Crippen molar-refractivity contribution in [2.75, 3.05) is 83.2 Å². The fraction of sp³-hybridized carbons (Fsp3) is 0.432. The summed E-state index contributed by atoms with van der Waals surface area (Å²) < 4.78 is 29.9. The van der Waals surface area contributed by atoms with E-state index >= 15 is 0 Å². The number of anilines is 2. The lowest BCUT2D eigenvalue weighted by Crippen LogP contribution is -2.29. The number of aliphatic imine (C=N–C) groups is 1. The number of carbonyl (C=O) groups excluding carboxylic acids is 3. The van der Waals surface area contributed by atoms with Crippen LogP contribution in [0.5, 0.6) is 0 Å². The molecule has 16 nitrogen and oxygen atoms in total. The van der Waals surface area contributed by atoms with Gasteiger partial charge in [-0.15, -0.1) is 32.9 Å². The Morgan fingerprint density at radius 3 is 2.02 bits per heavy atom. The second-order valence-corrected chi connectivity index (χ2v) is 17.3. The molecule has 3 N–H and O–H groups in total. The van der Waals surface area contributed by atoms with Crippen molar-refractivity contribution < 1.29 is 38.1 Å². The van der Waals surface area contributed by atoms with Crippen molar-refractivity contribution in [2.24, 2.45) is 4.99 Å². The molecule has 0 bridgehead atoms. The first kappa shape index (κ1) is 47.6. The summed E-state index contributed by atoms with van der Waals surface area (Å²) in [6.45, 7) is 13.9. The highest BCUT2D eigenvalue weighted by Gasteiger charge is 2.32. The molecule has 6 rings (SSSR count). The summed E-state index contributed by atoms with van der Waals surface area (Å²) in [5.74, 6) is 0.581. The van der Waals surface area contributed by atoms with Gasteiger partial charge in [-0.25, -0.2) is 4.98 Å². The zero-order chi connectivity index (χ0) is 44.7. The zero-order valence-corrected chi connectivity index (χ0v) is 38.5. The van der Waals surface area contributed by atoms with Gasteiger partial charge in [-0.2, -0.15) is 0 Å². The molecule has 0 spiro atoms. The highest BCUT2D eigenvalue weighted by atomic mass is 35.5. The average molecular weight is 922 g/mol. The van der Waals surface area contributed by atoms with Crippen LogP contribution in [-0.4, -0.2) is 116 Å². The number of ether oxygens (including phenoxy) is 5. The Morgan fingerprint density at radius 1 is 0.730 bits per heavy atom. The summed E-state index contributed by atoms with van der Waals surface area (Å²) in [4.78, 5) is 50.2. The van der Waals surface area contributed by atoms with Gasteiger partial charge in [-0.3, -0.25) is 29.3 Å². The van der Waals surface area contributed by atoms with Crippen molar-refractivity contribution in [2.45, 2.75) is 53.5 Å². The number of thiazole rings is 1. The van der Waals surface area contributed by atoms with Crippen LogP contribution in [0.4, 0.5) is 10.8 Å². The van der Waals surface area contributed by atoms with E-state index in [1.165, 1.54) is 16.2 Å². The molecule has 1 aliphatic heterocycles. The van der Waals surface area contributed by atoms with Gasteiger partial charge in [0, 0.05) is 32.4 Å². The maximum atomic E-state index is 13.2. The standard InChI is InChI=1S/C44H53ClN8O8S2/c1-27-29(3)62-43-39(27)40(32-10-12-33(45)13-11-32)49-36(41-52-51-31(5)53(41)43)26-38(55)46-15-17-58-19-21-60-23-25-61-24-22-59-20-18-57-16-14-37(54)48-35-9-7-6-8-34(35)42(56)50-44-47-28(2)30(4)63-44/h6-13,36H,14-26H2,1-5H3,(H,46,55)(H,48,54)(H,47,50,56)/t36-/m0/s1. The van der Waals surface area contributed by atoms with Gasteiger partial charge >= 0.3 is 0 Å². The maximum absolute atomic E-state index is 13.2. The summed E-state index contributed by atoms with van der Waals surface area (Å²) in [7, 11) is 0. The Bertz CT molecular complexity index is 2340. The Balaban J connectivity index is 0.776. The van der Waals surface area contributed by atoms with E-state index in [1.54, 1.807) is 35.6 Å². The minimum Gasteiger partial charge on any atom is -0.379 e. The van der Waals surface area contributed by atoms with E-state index in [9.17, 15) is 14.4 Å². The summed E-state index contributed by atoms with van der Waals surface area (Å²) in [5.41, 5.74) is 5.49. The number of halogens is 1. The minimum absolute atomic E-state index is 0.0975. The van der Waals surface area contributed by atoms with Crippen LogP contribution in [0.2, 0.25) is 5.02 Å². The first-order valence-electron chi connectivity index (χ1n) is 20.7. The number of aromatic nitrogens is 4. The summed E-state index contributed by atoms with van der Waals surface area (Å²) in [5, 5.41) is 19.5. The van der Waals surface area contributed by atoms with Crippen LogP contribution in [-0.2, 0) is 33.3 Å². The number of hydrogen-bond donors (Lipinski definition) is 3. The van der Waals surface area contributed by atoms with Crippen LogP contribution >= 0.6 is 34.3 Å². The monoisotopic (exact) mass is 920 g/mol. The normalized spacial score (nSPS) is 13.2. The number of hydrogen-bond acceptors (Lipinski definition) is 14. The lowest BCUT2D eigenvalue weighted by atomic mass is 9.99. The zero-order valence-electron chi connectivity index (χ0n) is 36.1. The molecule has 0 aliphatic carbocycles. The molecule has 3 amide bonds. The highest BCUT2D eigenvalue weighted by molar-refractivity contribution is 7.16. The smallest absolute Gasteiger partial charge is 0.259 e. The van der Waals surface area contributed by atoms with Crippen molar-refractivity contribution in [1.29, 1.82) is 0 Å². The first-order valence-corrected chi connectivity index (χ1v) is 22.7. The fourth-order valence-corrected chi connectivity index (χ4v) is 8.63. The quantitative estimate of drug-likeness (QED) is 0.0556. The number of fused-ring (bicyclic) bond motifs is 3. The summed E-state index contributed by atoms with van der Waals surface area (Å²) in [6.07, 6.45) is 0.221. The third-order valence-corrected chi connectivity index (χ3v) is 12.4. The third-order valence-electron chi connectivity index (χ3n) is 9.96. The number of carbonyl (C=O) groups is 3. The van der Waals surface area contributed by atoms with E-state index in [-0.39, 0.29) is 37.2 Å². The van der Waals surface area contributed by atoms with Crippen LogP contribution in [0.1, 0.15) is 73.0 Å². The molecule has 0 saturated carbocycles. The van der Waals surface area contributed by atoms with E-state index in [0.29, 0.717) is 93.2 Å². The van der Waals surface area contributed by atoms with Gasteiger partial charge in [0.05, 0.1) is 102 Å². The summed E-state index contributed by atoms with van der Waals surface area (Å²) >= 11 is 9.28. The van der Waals surface area contributed by atoms with Gasteiger partial charge in [0.15, 0.2) is 11.0 Å². The van der Waals surface area contributed by atoms with E-state index in [1.807, 2.05) is 49.6 Å². The van der Waals surface area contributed by atoms with Crippen LogP contribution < -0.4 is 16.0 Å². The topological polar surface area (TPSA) is 189 Å². The van der Waals surface area contributed by atoms with Crippen molar-refractivity contribution in [3.05, 3.63) is 103 Å². The molecule has 1 aliphatic rings. The van der Waals surface area contributed by atoms with E-state index in [0.717, 1.165) is 43.8 Å². The number of para-hydroxylation sites is 1. The van der Waals surface area contributed by atoms with E-state index in [2.05, 4.69) is 45.0 Å². The van der Waals surface area contributed by atoms with Crippen molar-refractivity contribution in [1.82, 2.24) is 25.1 Å². The number of thiophene rings is 1. The van der Waals surface area contributed by atoms with Gasteiger partial charge in [0.2, 0.25) is 11.8 Å². The second-order valence-electron chi connectivity index (χ2n) is 14.5. The Morgan fingerprint density at radius 2 is 1.37 bits per heavy atom. The van der Waals surface area contributed by atoms with E-state index < -0.39 is 6.04 Å².